The van der Waals surface area contributed by atoms with Gasteiger partial charge in [0, 0.05) is 13.2 Å². The van der Waals surface area contributed by atoms with E-state index in [-0.39, 0.29) is 12.1 Å². The van der Waals surface area contributed by atoms with Gasteiger partial charge in [-0.2, -0.15) is 0 Å². The molecule has 2 nitrogen and oxygen atoms in total. The molecule has 1 rings (SSSR count). The zero-order valence-corrected chi connectivity index (χ0v) is 9.16. The molecule has 0 aliphatic heterocycles. The van der Waals surface area contributed by atoms with Gasteiger partial charge < -0.3 is 10.5 Å². The van der Waals surface area contributed by atoms with Crippen LogP contribution in [0.25, 0.3) is 0 Å². The van der Waals surface area contributed by atoms with E-state index < -0.39 is 0 Å². The Morgan fingerprint density at radius 3 is 2.71 bits per heavy atom. The zero-order valence-electron chi connectivity index (χ0n) is 9.16. The summed E-state index contributed by atoms with van der Waals surface area (Å²) in [5.41, 5.74) is 8.50. The first-order valence-electron chi connectivity index (χ1n) is 4.98. The van der Waals surface area contributed by atoms with Crippen LogP contribution in [0.3, 0.4) is 0 Å². The molecule has 2 heteroatoms. The summed E-state index contributed by atoms with van der Waals surface area (Å²) in [4.78, 5) is 0. The first kappa shape index (κ1) is 11.2. The minimum atomic E-state index is 0.0739. The predicted molar refractivity (Wildman–Crippen MR) is 59.2 cm³/mol. The average molecular weight is 193 g/mol. The van der Waals surface area contributed by atoms with Crippen molar-refractivity contribution in [1.29, 1.82) is 0 Å². The minimum absolute atomic E-state index is 0.0739. The summed E-state index contributed by atoms with van der Waals surface area (Å²) in [5.74, 6) is 0. The third-order valence-corrected chi connectivity index (χ3v) is 2.46. The second kappa shape index (κ2) is 5.13. The van der Waals surface area contributed by atoms with E-state index in [2.05, 4.69) is 25.1 Å². The van der Waals surface area contributed by atoms with Gasteiger partial charge in [-0.1, -0.05) is 29.8 Å². The quantitative estimate of drug-likeness (QED) is 0.797. The van der Waals surface area contributed by atoms with E-state index in [9.17, 15) is 0 Å². The van der Waals surface area contributed by atoms with E-state index in [0.717, 1.165) is 6.42 Å². The largest absolute Gasteiger partial charge is 0.382 e. The lowest BCUT2D eigenvalue weighted by atomic mass is 10.0. The van der Waals surface area contributed by atoms with Crippen LogP contribution < -0.4 is 5.73 Å². The number of hydrogen-bond donors (Lipinski definition) is 1. The maximum atomic E-state index is 6.06. The van der Waals surface area contributed by atoms with Crippen molar-refractivity contribution < 1.29 is 4.74 Å². The number of hydrogen-bond acceptors (Lipinski definition) is 2. The molecule has 2 N–H and O–H groups in total. The van der Waals surface area contributed by atoms with Gasteiger partial charge in [0.25, 0.3) is 0 Å². The molecule has 0 spiro atoms. The predicted octanol–water partition coefficient (Wildman–Crippen LogP) is 2.42. The van der Waals surface area contributed by atoms with Crippen LogP contribution in [0.4, 0.5) is 0 Å². The minimum Gasteiger partial charge on any atom is -0.382 e. The Bertz CT molecular complexity index is 285. The molecule has 0 heterocycles. The topological polar surface area (TPSA) is 35.2 Å². The maximum absolute atomic E-state index is 6.06. The van der Waals surface area contributed by atoms with E-state index in [1.54, 1.807) is 7.11 Å². The highest BCUT2D eigenvalue weighted by molar-refractivity contribution is 5.24. The van der Waals surface area contributed by atoms with Crippen molar-refractivity contribution in [2.75, 3.05) is 7.11 Å². The van der Waals surface area contributed by atoms with Gasteiger partial charge in [0.2, 0.25) is 0 Å². The number of ether oxygens (including phenoxy) is 1. The number of benzene rings is 1. The Morgan fingerprint density at radius 2 is 2.14 bits per heavy atom. The second-order valence-electron chi connectivity index (χ2n) is 3.80. The summed E-state index contributed by atoms with van der Waals surface area (Å²) >= 11 is 0. The zero-order chi connectivity index (χ0) is 10.6. The molecular weight excluding hydrogens is 174 g/mol. The normalized spacial score (nSPS) is 15.1. The van der Waals surface area contributed by atoms with E-state index >= 15 is 0 Å². The third-order valence-electron chi connectivity index (χ3n) is 2.46. The smallest absolute Gasteiger partial charge is 0.0561 e. The van der Waals surface area contributed by atoms with Gasteiger partial charge in [0.05, 0.1) is 6.10 Å². The number of rotatable bonds is 4. The maximum Gasteiger partial charge on any atom is 0.0561 e. The van der Waals surface area contributed by atoms with E-state index in [4.69, 9.17) is 10.5 Å². The molecule has 0 amide bonds. The van der Waals surface area contributed by atoms with Crippen molar-refractivity contribution in [2.24, 2.45) is 5.73 Å². The van der Waals surface area contributed by atoms with Crippen molar-refractivity contribution in [1.82, 2.24) is 0 Å². The fourth-order valence-corrected chi connectivity index (χ4v) is 1.49. The van der Waals surface area contributed by atoms with Gasteiger partial charge in [-0.3, -0.25) is 0 Å². The molecule has 2 atom stereocenters. The molecule has 0 aliphatic carbocycles. The van der Waals surface area contributed by atoms with Crippen molar-refractivity contribution in [3.05, 3.63) is 35.4 Å². The van der Waals surface area contributed by atoms with Crippen molar-refractivity contribution in [3.63, 3.8) is 0 Å². The van der Waals surface area contributed by atoms with Crippen LogP contribution in [0.1, 0.15) is 30.5 Å². The van der Waals surface area contributed by atoms with Gasteiger partial charge in [0.15, 0.2) is 0 Å². The monoisotopic (exact) mass is 193 g/mol. The summed E-state index contributed by atoms with van der Waals surface area (Å²) < 4.78 is 5.19. The highest BCUT2D eigenvalue weighted by atomic mass is 16.5. The first-order valence-corrected chi connectivity index (χ1v) is 4.98. The second-order valence-corrected chi connectivity index (χ2v) is 3.80. The molecule has 0 saturated heterocycles. The fraction of sp³-hybridized carbons (Fsp3) is 0.500. The molecule has 1 aromatic carbocycles. The molecule has 0 aliphatic rings. The summed E-state index contributed by atoms with van der Waals surface area (Å²) in [6.07, 6.45) is 1.07. The molecular formula is C12H19NO. The number of aryl methyl sites for hydroxylation is 1. The summed E-state index contributed by atoms with van der Waals surface area (Å²) in [5, 5.41) is 0. The fourth-order valence-electron chi connectivity index (χ4n) is 1.49. The molecule has 2 unspecified atom stereocenters. The summed E-state index contributed by atoms with van der Waals surface area (Å²) in [6.45, 7) is 4.12. The third kappa shape index (κ3) is 3.13. The van der Waals surface area contributed by atoms with Crippen LogP contribution in [0.2, 0.25) is 0 Å². The Hall–Kier alpha value is -0.860. The Labute approximate surface area is 86.1 Å². The number of nitrogens with two attached hydrogens (primary N) is 1. The van der Waals surface area contributed by atoms with Crippen LogP contribution >= 0.6 is 0 Å². The van der Waals surface area contributed by atoms with Gasteiger partial charge in [-0.15, -0.1) is 0 Å². The molecule has 14 heavy (non-hydrogen) atoms. The lowest BCUT2D eigenvalue weighted by Crippen LogP contribution is -2.18. The highest BCUT2D eigenvalue weighted by Crippen LogP contribution is 2.17. The summed E-state index contributed by atoms with van der Waals surface area (Å²) in [7, 11) is 1.72. The molecule has 0 saturated carbocycles. The lowest BCUT2D eigenvalue weighted by Gasteiger charge is -2.16. The Kier molecular flexibility index (Phi) is 4.11. The van der Waals surface area contributed by atoms with Crippen LogP contribution in [0, 0.1) is 6.92 Å². The van der Waals surface area contributed by atoms with Crippen LogP contribution in [0.5, 0.6) is 0 Å². The van der Waals surface area contributed by atoms with Gasteiger partial charge in [0.1, 0.15) is 0 Å². The van der Waals surface area contributed by atoms with E-state index in [1.807, 2.05) is 13.0 Å². The van der Waals surface area contributed by atoms with Crippen LogP contribution in [0.15, 0.2) is 24.3 Å². The van der Waals surface area contributed by atoms with Crippen molar-refractivity contribution in [3.8, 4) is 0 Å². The first-order chi connectivity index (χ1) is 6.63. The Balaban J connectivity index is 2.64. The molecule has 0 aromatic heterocycles. The van der Waals surface area contributed by atoms with Crippen LogP contribution in [-0.4, -0.2) is 13.2 Å². The van der Waals surface area contributed by atoms with Crippen LogP contribution in [-0.2, 0) is 4.74 Å². The van der Waals surface area contributed by atoms with E-state index in [1.165, 1.54) is 11.1 Å². The van der Waals surface area contributed by atoms with Gasteiger partial charge in [-0.05, 0) is 25.8 Å². The Morgan fingerprint density at radius 1 is 1.43 bits per heavy atom. The SMILES string of the molecule is COC(C)CC(N)c1cccc(C)c1. The van der Waals surface area contributed by atoms with Crippen molar-refractivity contribution in [2.45, 2.75) is 32.4 Å². The molecule has 78 valence electrons. The highest BCUT2D eigenvalue weighted by Gasteiger charge is 2.10. The lowest BCUT2D eigenvalue weighted by molar-refractivity contribution is 0.104. The molecule has 0 fully saturated rings. The molecule has 0 bridgehead atoms. The average Bonchev–Trinajstić information content (AvgIpc) is 2.17. The molecule has 1 aromatic rings. The number of methoxy groups -OCH3 is 1. The van der Waals surface area contributed by atoms with Crippen molar-refractivity contribution >= 4 is 0 Å². The van der Waals surface area contributed by atoms with E-state index in [0.29, 0.717) is 0 Å². The molecule has 0 radical (unpaired) electrons. The van der Waals surface area contributed by atoms with Gasteiger partial charge in [-0.25, -0.2) is 0 Å². The summed E-state index contributed by atoms with van der Waals surface area (Å²) in [6, 6.07) is 8.40. The standard InChI is InChI=1S/C12H19NO/c1-9-5-4-6-11(7-9)12(13)8-10(2)14-3/h4-7,10,12H,8,13H2,1-3H3. The van der Waals surface area contributed by atoms with Gasteiger partial charge >= 0.3 is 0 Å².